The molecule has 2 unspecified atom stereocenters. The van der Waals surface area contributed by atoms with Gasteiger partial charge in [0, 0.05) is 31.3 Å². The molecule has 2 aromatic carbocycles. The molecule has 204 valence electrons. The van der Waals surface area contributed by atoms with Crippen molar-refractivity contribution in [2.45, 2.75) is 56.3 Å². The van der Waals surface area contributed by atoms with Gasteiger partial charge in [0.2, 0.25) is 5.91 Å². The molecule has 9 heteroatoms. The Bertz CT molecular complexity index is 1230. The molecule has 0 spiro atoms. The maximum Gasteiger partial charge on any atom is 0.407 e. The lowest BCUT2D eigenvalue weighted by molar-refractivity contribution is -0.162. The number of rotatable bonds is 10. The van der Waals surface area contributed by atoms with E-state index in [0.717, 1.165) is 16.8 Å². The van der Waals surface area contributed by atoms with Gasteiger partial charge in [-0.25, -0.2) is 4.39 Å². The quantitative estimate of drug-likeness (QED) is 0.247. The number of hydrogen-bond acceptors (Lipinski definition) is 3. The molecule has 3 aromatic rings. The van der Waals surface area contributed by atoms with Crippen molar-refractivity contribution >= 4 is 5.91 Å². The fourth-order valence-corrected chi connectivity index (χ4v) is 5.15. The summed E-state index contributed by atoms with van der Waals surface area (Å²) in [7, 11) is 3.51. The summed E-state index contributed by atoms with van der Waals surface area (Å²) in [5.74, 6) is -1.57. The van der Waals surface area contributed by atoms with Crippen LogP contribution in [0.1, 0.15) is 37.4 Å². The zero-order valence-electron chi connectivity index (χ0n) is 21.9. The van der Waals surface area contributed by atoms with Crippen LogP contribution >= 0.6 is 0 Å². The monoisotopic (exact) mass is 530 g/mol. The second kappa shape index (κ2) is 10.5. The number of carbonyl (C=O) groups excluding carboxylic acids is 1. The summed E-state index contributed by atoms with van der Waals surface area (Å²) >= 11 is 0. The summed E-state index contributed by atoms with van der Waals surface area (Å²) < 4.78 is 60.2. The van der Waals surface area contributed by atoms with E-state index in [2.05, 4.69) is 16.0 Å². The van der Waals surface area contributed by atoms with E-state index in [1.54, 1.807) is 19.2 Å². The predicted octanol–water partition coefficient (Wildman–Crippen LogP) is 5.30. The van der Waals surface area contributed by atoms with Crippen molar-refractivity contribution in [3.05, 3.63) is 84.1 Å². The molecule has 0 saturated heterocycles. The molecule has 3 N–H and O–H groups in total. The second-order valence-electron chi connectivity index (χ2n) is 10.5. The summed E-state index contributed by atoms with van der Waals surface area (Å²) in [5.41, 5.74) is -1.03. The molecule has 0 radical (unpaired) electrons. The number of alkyl halides is 4. The van der Waals surface area contributed by atoms with E-state index in [1.165, 1.54) is 26.0 Å². The number of aryl methyl sites for hydroxylation is 1. The van der Waals surface area contributed by atoms with Crippen molar-refractivity contribution in [3.63, 3.8) is 0 Å². The van der Waals surface area contributed by atoms with Gasteiger partial charge in [0.1, 0.15) is 17.2 Å². The average molecular weight is 531 g/mol. The van der Waals surface area contributed by atoms with Gasteiger partial charge in [-0.2, -0.15) is 13.2 Å². The largest absolute Gasteiger partial charge is 0.407 e. The predicted molar refractivity (Wildman–Crippen MR) is 140 cm³/mol. The lowest BCUT2D eigenvalue weighted by Gasteiger charge is -2.31. The highest BCUT2D eigenvalue weighted by atomic mass is 19.4. The first-order chi connectivity index (χ1) is 17.8. The van der Waals surface area contributed by atoms with Gasteiger partial charge in [0.05, 0.1) is 6.17 Å². The molecule has 0 bridgehead atoms. The van der Waals surface area contributed by atoms with E-state index in [4.69, 9.17) is 0 Å². The Hall–Kier alpha value is -3.17. The summed E-state index contributed by atoms with van der Waals surface area (Å²) in [6.45, 7) is 2.59. The van der Waals surface area contributed by atoms with E-state index in [0.29, 0.717) is 6.42 Å². The maximum absolute atomic E-state index is 15.1. The lowest BCUT2D eigenvalue weighted by atomic mass is 9.96. The number of amides is 1. The molecule has 1 aliphatic carbocycles. The van der Waals surface area contributed by atoms with Crippen LogP contribution in [0.3, 0.4) is 0 Å². The van der Waals surface area contributed by atoms with Crippen LogP contribution in [-0.2, 0) is 18.3 Å². The van der Waals surface area contributed by atoms with Crippen LogP contribution in [0.2, 0.25) is 0 Å². The number of hydrogen-bond donors (Lipinski definition) is 3. The second-order valence-corrected chi connectivity index (χ2v) is 10.5. The van der Waals surface area contributed by atoms with Gasteiger partial charge < -0.3 is 15.2 Å². The molecule has 4 rings (SSSR count). The van der Waals surface area contributed by atoms with Crippen LogP contribution in [0.4, 0.5) is 17.6 Å². The number of nitrogens with zero attached hydrogens (tertiary/aromatic N) is 1. The maximum atomic E-state index is 15.1. The van der Waals surface area contributed by atoms with E-state index < -0.39 is 41.4 Å². The SMILES string of the molecule is CN[C@H](Cc1ccccc1)NC(=O)C1(N[C@@H](c2ccc(-c3cccn3C)cc2)C(F)(F)F)CC1C(C)(C)F. The third-order valence-corrected chi connectivity index (χ3v) is 7.34. The van der Waals surface area contributed by atoms with Crippen LogP contribution in [0.5, 0.6) is 0 Å². The van der Waals surface area contributed by atoms with Crippen LogP contribution in [0.25, 0.3) is 11.3 Å². The Morgan fingerprint density at radius 1 is 1.03 bits per heavy atom. The number of carbonyl (C=O) groups is 1. The van der Waals surface area contributed by atoms with E-state index in [-0.39, 0.29) is 12.0 Å². The molecule has 1 amide bonds. The van der Waals surface area contributed by atoms with Crippen molar-refractivity contribution in [3.8, 4) is 11.3 Å². The Kier molecular flexibility index (Phi) is 7.72. The van der Waals surface area contributed by atoms with Crippen molar-refractivity contribution in [1.29, 1.82) is 0 Å². The van der Waals surface area contributed by atoms with Crippen molar-refractivity contribution in [1.82, 2.24) is 20.5 Å². The zero-order valence-corrected chi connectivity index (χ0v) is 21.9. The fourth-order valence-electron chi connectivity index (χ4n) is 5.15. The molecule has 4 atom stereocenters. The molecule has 1 saturated carbocycles. The third kappa shape index (κ3) is 5.94. The van der Waals surface area contributed by atoms with Crippen molar-refractivity contribution < 1.29 is 22.4 Å². The first kappa shape index (κ1) is 27.9. The number of halogens is 4. The molecular weight excluding hydrogens is 496 g/mol. The van der Waals surface area contributed by atoms with Gasteiger partial charge in [-0.3, -0.25) is 10.1 Å². The lowest BCUT2D eigenvalue weighted by Crippen LogP contribution is -2.57. The first-order valence-electron chi connectivity index (χ1n) is 12.6. The summed E-state index contributed by atoms with van der Waals surface area (Å²) in [6.07, 6.45) is -3.01. The number of benzene rings is 2. The molecule has 1 heterocycles. The number of nitrogens with one attached hydrogen (secondary N) is 3. The molecule has 38 heavy (non-hydrogen) atoms. The molecule has 0 aliphatic heterocycles. The van der Waals surface area contributed by atoms with Crippen molar-refractivity contribution in [2.24, 2.45) is 13.0 Å². The Balaban J connectivity index is 1.60. The fraction of sp³-hybridized carbons (Fsp3) is 0.414. The standard InChI is InChI=1S/C29H34F4N4O/c1-27(2,30)23-18-28(23,26(38)35-24(34-3)17-19-9-6-5-7-10-19)36-25(29(31,32)33)21-14-12-20(13-15-21)22-11-8-16-37(22)4/h5-16,23-25,34,36H,17-18H2,1-4H3,(H,35,38)/t23?,24-,25-,28?/m0/s1. The molecule has 1 fully saturated rings. The summed E-state index contributed by atoms with van der Waals surface area (Å²) in [4.78, 5) is 13.5. The van der Waals surface area contributed by atoms with Gasteiger partial charge >= 0.3 is 6.18 Å². The van der Waals surface area contributed by atoms with Gasteiger partial charge in [0.25, 0.3) is 0 Å². The van der Waals surface area contributed by atoms with Gasteiger partial charge in [-0.05, 0) is 56.1 Å². The first-order valence-corrected chi connectivity index (χ1v) is 12.6. The highest BCUT2D eigenvalue weighted by Gasteiger charge is 2.68. The normalized spacial score (nSPS) is 21.1. The minimum absolute atomic E-state index is 0.0422. The summed E-state index contributed by atoms with van der Waals surface area (Å²) in [6, 6.07) is 17.0. The zero-order chi connectivity index (χ0) is 27.7. The molecule has 5 nitrogen and oxygen atoms in total. The third-order valence-electron chi connectivity index (χ3n) is 7.34. The van der Waals surface area contributed by atoms with Crippen LogP contribution < -0.4 is 16.0 Å². The van der Waals surface area contributed by atoms with E-state index in [9.17, 15) is 18.0 Å². The van der Waals surface area contributed by atoms with Gasteiger partial charge in [-0.15, -0.1) is 0 Å². The van der Waals surface area contributed by atoms with Crippen molar-refractivity contribution in [2.75, 3.05) is 7.05 Å². The van der Waals surface area contributed by atoms with E-state index in [1.807, 2.05) is 60.3 Å². The molecular formula is C29H34F4N4O. The van der Waals surface area contributed by atoms with Gasteiger partial charge in [0.15, 0.2) is 0 Å². The Morgan fingerprint density at radius 2 is 1.68 bits per heavy atom. The number of likely N-dealkylation sites (N-methyl/N-ethyl adjacent to an activating group) is 1. The van der Waals surface area contributed by atoms with Crippen LogP contribution in [0, 0.1) is 5.92 Å². The Morgan fingerprint density at radius 3 is 2.18 bits per heavy atom. The highest BCUT2D eigenvalue weighted by Crippen LogP contribution is 2.54. The molecule has 1 aromatic heterocycles. The van der Waals surface area contributed by atoms with E-state index >= 15 is 4.39 Å². The number of aromatic nitrogens is 1. The minimum Gasteiger partial charge on any atom is -0.351 e. The average Bonchev–Trinajstić information content (AvgIpc) is 3.48. The van der Waals surface area contributed by atoms with Crippen LogP contribution in [0.15, 0.2) is 72.9 Å². The van der Waals surface area contributed by atoms with Crippen LogP contribution in [-0.4, -0.2) is 41.1 Å². The van der Waals surface area contributed by atoms with Gasteiger partial charge in [-0.1, -0.05) is 54.6 Å². The smallest absolute Gasteiger partial charge is 0.351 e. The topological polar surface area (TPSA) is 58.1 Å². The Labute approximate surface area is 220 Å². The highest BCUT2D eigenvalue weighted by molar-refractivity contribution is 5.91. The summed E-state index contributed by atoms with van der Waals surface area (Å²) in [5, 5.41) is 8.38. The molecule has 1 aliphatic rings. The minimum atomic E-state index is -4.71.